The lowest BCUT2D eigenvalue weighted by atomic mass is 9.84. The molecule has 124 valence electrons. The zero-order valence-electron chi connectivity index (χ0n) is 13.1. The molecular formula is C16H20ClN3O3. The van der Waals surface area contributed by atoms with Crippen LogP contribution in [-0.4, -0.2) is 47.3 Å². The Morgan fingerprint density at radius 2 is 2.22 bits per heavy atom. The Morgan fingerprint density at radius 1 is 1.48 bits per heavy atom. The van der Waals surface area contributed by atoms with Crippen molar-refractivity contribution in [3.05, 3.63) is 29.3 Å². The lowest BCUT2D eigenvalue weighted by Gasteiger charge is -2.47. The van der Waals surface area contributed by atoms with Gasteiger partial charge in [-0.1, -0.05) is 0 Å². The standard InChI is InChI=1S/C16H19N3O3.ClH/c1-16(2)15(21)14(19-6-5-18-9-13(19)20)11-7-10(8-17)3-4-12(11)22-16;/h3-4,7,14-15,18,21H,5-6,9H2,1-2H3;1H/t14-,15+;/m1./s1. The SMILES string of the molecule is CC1(C)Oc2ccc(C#N)cc2[C@@H](N2CCNCC2=O)[C@@H]1O.Cl. The van der Waals surface area contributed by atoms with Crippen molar-refractivity contribution in [3.63, 3.8) is 0 Å². The molecule has 1 amide bonds. The van der Waals surface area contributed by atoms with E-state index in [2.05, 4.69) is 11.4 Å². The molecule has 23 heavy (non-hydrogen) atoms. The molecule has 2 aliphatic heterocycles. The van der Waals surface area contributed by atoms with Crippen molar-refractivity contribution in [1.29, 1.82) is 5.26 Å². The van der Waals surface area contributed by atoms with Crippen molar-refractivity contribution < 1.29 is 14.6 Å². The van der Waals surface area contributed by atoms with Crippen LogP contribution in [0.25, 0.3) is 0 Å². The summed E-state index contributed by atoms with van der Waals surface area (Å²) in [7, 11) is 0. The fourth-order valence-electron chi connectivity index (χ4n) is 3.09. The van der Waals surface area contributed by atoms with Gasteiger partial charge in [-0.2, -0.15) is 5.26 Å². The number of nitrogens with zero attached hydrogens (tertiary/aromatic N) is 2. The first-order chi connectivity index (χ1) is 10.4. The minimum Gasteiger partial charge on any atom is -0.485 e. The summed E-state index contributed by atoms with van der Waals surface area (Å²) in [6.07, 6.45) is -0.865. The number of carbonyl (C=O) groups is 1. The maximum atomic E-state index is 12.3. The predicted molar refractivity (Wildman–Crippen MR) is 86.4 cm³/mol. The first-order valence-electron chi connectivity index (χ1n) is 7.35. The van der Waals surface area contributed by atoms with Gasteiger partial charge in [0.05, 0.1) is 24.2 Å². The highest BCUT2D eigenvalue weighted by molar-refractivity contribution is 5.85. The summed E-state index contributed by atoms with van der Waals surface area (Å²) < 4.78 is 5.87. The highest BCUT2D eigenvalue weighted by Gasteiger charge is 2.47. The summed E-state index contributed by atoms with van der Waals surface area (Å²) in [4.78, 5) is 13.9. The number of halogens is 1. The normalized spacial score (nSPS) is 25.7. The van der Waals surface area contributed by atoms with Gasteiger partial charge < -0.3 is 20.1 Å². The molecule has 1 aromatic rings. The van der Waals surface area contributed by atoms with E-state index in [1.54, 1.807) is 36.9 Å². The van der Waals surface area contributed by atoms with Crippen molar-refractivity contribution in [2.75, 3.05) is 19.6 Å². The number of hydrogen-bond acceptors (Lipinski definition) is 5. The van der Waals surface area contributed by atoms with Crippen molar-refractivity contribution in [2.24, 2.45) is 0 Å². The quantitative estimate of drug-likeness (QED) is 0.798. The van der Waals surface area contributed by atoms with Gasteiger partial charge in [0.2, 0.25) is 5.91 Å². The number of nitriles is 1. The molecule has 2 atom stereocenters. The van der Waals surface area contributed by atoms with Gasteiger partial charge in [0.25, 0.3) is 0 Å². The molecule has 1 saturated heterocycles. The summed E-state index contributed by atoms with van der Waals surface area (Å²) in [5.41, 5.74) is 0.375. The van der Waals surface area contributed by atoms with E-state index in [-0.39, 0.29) is 24.9 Å². The number of carbonyl (C=O) groups excluding carboxylic acids is 1. The van der Waals surface area contributed by atoms with Gasteiger partial charge in [0.1, 0.15) is 17.5 Å². The smallest absolute Gasteiger partial charge is 0.237 e. The summed E-state index contributed by atoms with van der Waals surface area (Å²) in [6, 6.07) is 6.72. The van der Waals surface area contributed by atoms with Gasteiger partial charge >= 0.3 is 0 Å². The second-order valence-corrected chi connectivity index (χ2v) is 6.22. The third-order valence-corrected chi connectivity index (χ3v) is 4.30. The summed E-state index contributed by atoms with van der Waals surface area (Å²) in [5, 5.41) is 22.9. The molecule has 6 nitrogen and oxygen atoms in total. The Hall–Kier alpha value is -1.81. The molecular weight excluding hydrogens is 318 g/mol. The molecule has 1 aromatic carbocycles. The van der Waals surface area contributed by atoms with Crippen LogP contribution in [0.5, 0.6) is 5.75 Å². The average molecular weight is 338 g/mol. The largest absolute Gasteiger partial charge is 0.485 e. The molecule has 3 rings (SSSR count). The fraction of sp³-hybridized carbons (Fsp3) is 0.500. The molecule has 2 aliphatic rings. The Labute approximate surface area is 141 Å². The molecule has 0 aromatic heterocycles. The zero-order chi connectivity index (χ0) is 15.9. The molecule has 2 N–H and O–H groups in total. The van der Waals surface area contributed by atoms with Crippen LogP contribution in [0.3, 0.4) is 0 Å². The lowest BCUT2D eigenvalue weighted by Crippen LogP contribution is -2.58. The van der Waals surface area contributed by atoms with Gasteiger partial charge in [-0.05, 0) is 32.0 Å². The number of aliphatic hydroxyl groups is 1. The van der Waals surface area contributed by atoms with E-state index in [0.717, 1.165) is 0 Å². The monoisotopic (exact) mass is 337 g/mol. The van der Waals surface area contributed by atoms with E-state index < -0.39 is 17.7 Å². The number of benzene rings is 1. The highest BCUT2D eigenvalue weighted by atomic mass is 35.5. The van der Waals surface area contributed by atoms with E-state index in [1.165, 1.54) is 0 Å². The van der Waals surface area contributed by atoms with Crippen LogP contribution in [0.2, 0.25) is 0 Å². The van der Waals surface area contributed by atoms with Gasteiger partial charge in [-0.25, -0.2) is 0 Å². The number of ether oxygens (including phenoxy) is 1. The second kappa shape index (κ2) is 6.36. The van der Waals surface area contributed by atoms with Crippen LogP contribution >= 0.6 is 12.4 Å². The maximum absolute atomic E-state index is 12.3. The maximum Gasteiger partial charge on any atom is 0.237 e. The van der Waals surface area contributed by atoms with Gasteiger partial charge in [-0.15, -0.1) is 12.4 Å². The highest BCUT2D eigenvalue weighted by Crippen LogP contribution is 2.43. The zero-order valence-corrected chi connectivity index (χ0v) is 13.9. The molecule has 1 fully saturated rings. The predicted octanol–water partition coefficient (Wildman–Crippen LogP) is 0.985. The van der Waals surface area contributed by atoms with Crippen molar-refractivity contribution >= 4 is 18.3 Å². The minimum absolute atomic E-state index is 0. The van der Waals surface area contributed by atoms with Crippen LogP contribution < -0.4 is 10.1 Å². The van der Waals surface area contributed by atoms with Crippen LogP contribution in [0.15, 0.2) is 18.2 Å². The molecule has 0 aliphatic carbocycles. The molecule has 0 saturated carbocycles. The molecule has 7 heteroatoms. The third kappa shape index (κ3) is 3.00. The Balaban J connectivity index is 0.00000192. The number of amides is 1. The van der Waals surface area contributed by atoms with Crippen LogP contribution in [0.4, 0.5) is 0 Å². The Morgan fingerprint density at radius 3 is 2.87 bits per heavy atom. The van der Waals surface area contributed by atoms with E-state index in [9.17, 15) is 9.90 Å². The molecule has 0 bridgehead atoms. The van der Waals surface area contributed by atoms with Crippen LogP contribution in [-0.2, 0) is 4.79 Å². The van der Waals surface area contributed by atoms with E-state index in [4.69, 9.17) is 10.00 Å². The Bertz CT molecular complexity index is 656. The fourth-order valence-corrected chi connectivity index (χ4v) is 3.09. The molecule has 0 radical (unpaired) electrons. The number of rotatable bonds is 1. The van der Waals surface area contributed by atoms with Crippen LogP contribution in [0, 0.1) is 11.3 Å². The van der Waals surface area contributed by atoms with Gasteiger partial charge in [0.15, 0.2) is 0 Å². The van der Waals surface area contributed by atoms with Crippen molar-refractivity contribution in [3.8, 4) is 11.8 Å². The third-order valence-electron chi connectivity index (χ3n) is 4.30. The topological polar surface area (TPSA) is 85.6 Å². The minimum atomic E-state index is -0.865. The molecule has 0 spiro atoms. The van der Waals surface area contributed by atoms with E-state index in [1.807, 2.05) is 0 Å². The van der Waals surface area contributed by atoms with Gasteiger partial charge in [0, 0.05) is 18.7 Å². The van der Waals surface area contributed by atoms with Gasteiger partial charge in [-0.3, -0.25) is 4.79 Å². The number of piperazine rings is 1. The summed E-state index contributed by atoms with van der Waals surface area (Å²) >= 11 is 0. The summed E-state index contributed by atoms with van der Waals surface area (Å²) in [6.45, 7) is 5.07. The summed E-state index contributed by atoms with van der Waals surface area (Å²) in [5.74, 6) is 0.562. The molecule has 0 unspecified atom stereocenters. The molecule has 2 heterocycles. The average Bonchev–Trinajstić information content (AvgIpc) is 2.49. The number of fused-ring (bicyclic) bond motifs is 1. The van der Waals surface area contributed by atoms with Crippen molar-refractivity contribution in [2.45, 2.75) is 31.6 Å². The van der Waals surface area contributed by atoms with Crippen molar-refractivity contribution in [1.82, 2.24) is 10.2 Å². The lowest BCUT2D eigenvalue weighted by molar-refractivity contribution is -0.145. The number of aliphatic hydroxyl groups excluding tert-OH is 1. The first-order valence-corrected chi connectivity index (χ1v) is 7.35. The first kappa shape index (κ1) is 17.5. The van der Waals surface area contributed by atoms with E-state index in [0.29, 0.717) is 30.0 Å². The number of nitrogens with one attached hydrogen (secondary N) is 1. The van der Waals surface area contributed by atoms with E-state index >= 15 is 0 Å². The Kier molecular flexibility index (Phi) is 4.85. The second-order valence-electron chi connectivity index (χ2n) is 6.22. The van der Waals surface area contributed by atoms with Crippen LogP contribution in [0.1, 0.15) is 31.0 Å². The number of hydrogen-bond donors (Lipinski definition) is 2.